The van der Waals surface area contributed by atoms with Gasteiger partial charge in [0.05, 0.1) is 11.8 Å². The van der Waals surface area contributed by atoms with E-state index in [4.69, 9.17) is 14.4 Å². The molecule has 0 saturated carbocycles. The van der Waals surface area contributed by atoms with Gasteiger partial charge in [0.15, 0.2) is 5.84 Å². The van der Waals surface area contributed by atoms with Gasteiger partial charge in [0.25, 0.3) is 0 Å². The number of benzene rings is 8. The molecule has 2 aromatic heterocycles. The Morgan fingerprint density at radius 2 is 1.19 bits per heavy atom. The highest BCUT2D eigenvalue weighted by Gasteiger charge is 2.28. The van der Waals surface area contributed by atoms with E-state index in [1.54, 1.807) is 0 Å². The Kier molecular flexibility index (Phi) is 8.86. The predicted molar refractivity (Wildman–Crippen MR) is 250 cm³/mol. The molecule has 0 bridgehead atoms. The van der Waals surface area contributed by atoms with Gasteiger partial charge in [-0.25, -0.2) is 4.99 Å². The average Bonchev–Trinajstić information content (AvgIpc) is 3.81. The molecule has 3 heterocycles. The Morgan fingerprint density at radius 1 is 0.525 bits per heavy atom. The smallest absolute Gasteiger partial charge is 0.155 e. The largest absolute Gasteiger partial charge is 0.456 e. The molecule has 0 N–H and O–H groups in total. The summed E-state index contributed by atoms with van der Waals surface area (Å²) in [6.45, 7) is 2.27. The molecule has 0 amide bonds. The van der Waals surface area contributed by atoms with Crippen LogP contribution in [0.4, 0.5) is 0 Å². The summed E-state index contributed by atoms with van der Waals surface area (Å²) < 4.78 is 9.27. The second-order valence-corrected chi connectivity index (χ2v) is 16.6. The summed E-state index contributed by atoms with van der Waals surface area (Å²) in [5.41, 5.74) is 13.5. The van der Waals surface area contributed by atoms with Crippen LogP contribution in [-0.2, 0) is 0 Å². The number of rotatable bonds is 7. The van der Waals surface area contributed by atoms with Crippen molar-refractivity contribution in [2.45, 2.75) is 25.8 Å². The van der Waals surface area contributed by atoms with Gasteiger partial charge in [-0.05, 0) is 81.1 Å². The Morgan fingerprint density at radius 3 is 1.95 bits per heavy atom. The van der Waals surface area contributed by atoms with Crippen molar-refractivity contribution in [2.75, 3.05) is 0 Å². The van der Waals surface area contributed by atoms with Crippen molar-refractivity contribution in [3.8, 4) is 33.4 Å². The number of aliphatic imine (C=N–C) groups is 2. The molecular formula is C55H40N2OS. The highest BCUT2D eigenvalue weighted by molar-refractivity contribution is 7.26. The second kappa shape index (κ2) is 14.8. The number of fused-ring (bicyclic) bond motifs is 6. The number of furan rings is 1. The minimum Gasteiger partial charge on any atom is -0.456 e. The molecule has 3 nitrogen and oxygen atoms in total. The molecule has 2 atom stereocenters. The van der Waals surface area contributed by atoms with Crippen LogP contribution in [0.1, 0.15) is 42.5 Å². The number of hydrogen-bond acceptors (Lipinski definition) is 4. The molecule has 4 heteroatoms. The molecule has 59 heavy (non-hydrogen) atoms. The first-order chi connectivity index (χ1) is 29.2. The van der Waals surface area contributed by atoms with Crippen molar-refractivity contribution in [1.29, 1.82) is 0 Å². The molecular weight excluding hydrogens is 737 g/mol. The van der Waals surface area contributed by atoms with Gasteiger partial charge in [-0.15, -0.1) is 11.3 Å². The number of thiophene rings is 1. The van der Waals surface area contributed by atoms with E-state index in [2.05, 4.69) is 195 Å². The number of amidine groups is 1. The third-order valence-electron chi connectivity index (χ3n) is 12.0. The van der Waals surface area contributed by atoms with Gasteiger partial charge in [0.1, 0.15) is 11.2 Å². The minimum absolute atomic E-state index is 0.0896. The van der Waals surface area contributed by atoms with E-state index in [9.17, 15) is 0 Å². The Bertz CT molecular complexity index is 3210. The maximum atomic E-state index is 6.66. The Hall–Kier alpha value is -6.88. The quantitative estimate of drug-likeness (QED) is 0.159. The third kappa shape index (κ3) is 6.37. The van der Waals surface area contributed by atoms with E-state index in [0.717, 1.165) is 63.0 Å². The molecule has 10 aromatic rings. The molecule has 2 unspecified atom stereocenters. The van der Waals surface area contributed by atoms with Crippen molar-refractivity contribution in [3.63, 3.8) is 0 Å². The summed E-state index contributed by atoms with van der Waals surface area (Å²) in [5.74, 6) is 1.03. The van der Waals surface area contributed by atoms with E-state index in [1.807, 2.05) is 11.3 Å². The summed E-state index contributed by atoms with van der Waals surface area (Å²) in [7, 11) is 0. The standard InChI is InChI=1S/C55H40N2OS/c1-2-35-33-48(39-18-10-5-11-19-39)56-55(40-26-24-37(25-27-40)36-14-6-3-7-15-36)57-53(35)42-28-30-45-47-32-41(29-31-49(47)58-50(45)34-42)44-21-12-22-46-52-43(38-16-8-4-9-17-38)20-13-23-51(52)59-54(44)46/h3-32,34-35,53H,2,33H2,1H3. The maximum absolute atomic E-state index is 6.66. The van der Waals surface area contributed by atoms with E-state index in [0.29, 0.717) is 0 Å². The summed E-state index contributed by atoms with van der Waals surface area (Å²) in [4.78, 5) is 10.8. The molecule has 11 rings (SSSR count). The molecule has 0 fully saturated rings. The van der Waals surface area contributed by atoms with Crippen molar-refractivity contribution in [1.82, 2.24) is 0 Å². The summed E-state index contributed by atoms with van der Waals surface area (Å²) >= 11 is 1.88. The van der Waals surface area contributed by atoms with Gasteiger partial charge in [-0.1, -0.05) is 177 Å². The van der Waals surface area contributed by atoms with Crippen LogP contribution in [0, 0.1) is 5.92 Å². The van der Waals surface area contributed by atoms with Crippen LogP contribution in [0.15, 0.2) is 202 Å². The molecule has 0 aliphatic carbocycles. The SMILES string of the molecule is CCC1CC(c2ccccc2)=NC(c2ccc(-c3ccccc3)cc2)=NC1c1ccc2c(c1)oc1ccc(-c3cccc4c3sc3cccc(-c5ccccc5)c34)cc12. The van der Waals surface area contributed by atoms with Crippen molar-refractivity contribution < 1.29 is 4.42 Å². The molecule has 8 aromatic carbocycles. The monoisotopic (exact) mass is 776 g/mol. The van der Waals surface area contributed by atoms with Crippen LogP contribution in [-0.4, -0.2) is 11.5 Å². The zero-order valence-corrected chi connectivity index (χ0v) is 33.5. The fourth-order valence-electron chi connectivity index (χ4n) is 8.99. The molecule has 0 saturated heterocycles. The molecule has 0 radical (unpaired) electrons. The average molecular weight is 777 g/mol. The molecule has 1 aliphatic rings. The lowest BCUT2D eigenvalue weighted by Crippen LogP contribution is -2.14. The molecule has 1 aliphatic heterocycles. The van der Waals surface area contributed by atoms with Gasteiger partial charge in [-0.3, -0.25) is 4.99 Å². The van der Waals surface area contributed by atoms with Gasteiger partial charge in [0, 0.05) is 36.5 Å². The lowest BCUT2D eigenvalue weighted by molar-refractivity contribution is 0.437. The molecule has 282 valence electrons. The third-order valence-corrected chi connectivity index (χ3v) is 13.2. The zero-order valence-electron chi connectivity index (χ0n) is 32.7. The number of hydrogen-bond donors (Lipinski definition) is 0. The van der Waals surface area contributed by atoms with Crippen LogP contribution in [0.25, 0.3) is 75.5 Å². The summed E-state index contributed by atoms with van der Waals surface area (Å²) in [5, 5.41) is 4.86. The zero-order chi connectivity index (χ0) is 39.3. The molecule has 0 spiro atoms. The predicted octanol–water partition coefficient (Wildman–Crippen LogP) is 15.4. The van der Waals surface area contributed by atoms with E-state index in [1.165, 1.54) is 53.6 Å². The normalized spacial score (nSPS) is 15.7. The topological polar surface area (TPSA) is 37.9 Å². The van der Waals surface area contributed by atoms with Crippen molar-refractivity contribution >= 4 is 65.0 Å². The van der Waals surface area contributed by atoms with E-state index < -0.39 is 0 Å². The van der Waals surface area contributed by atoms with Crippen LogP contribution < -0.4 is 0 Å². The fourth-order valence-corrected chi connectivity index (χ4v) is 10.3. The van der Waals surface area contributed by atoms with E-state index >= 15 is 0 Å². The van der Waals surface area contributed by atoms with Crippen LogP contribution >= 0.6 is 11.3 Å². The first-order valence-electron chi connectivity index (χ1n) is 20.5. The second-order valence-electron chi connectivity index (χ2n) is 15.5. The van der Waals surface area contributed by atoms with Gasteiger partial charge >= 0.3 is 0 Å². The lowest BCUT2D eigenvalue weighted by atomic mass is 9.85. The van der Waals surface area contributed by atoms with Crippen LogP contribution in [0.3, 0.4) is 0 Å². The van der Waals surface area contributed by atoms with Gasteiger partial charge in [-0.2, -0.15) is 0 Å². The van der Waals surface area contributed by atoms with Crippen molar-refractivity contribution in [3.05, 3.63) is 205 Å². The Labute approximate surface area is 347 Å². The first kappa shape index (κ1) is 35.3. The highest BCUT2D eigenvalue weighted by atomic mass is 32.1. The highest BCUT2D eigenvalue weighted by Crippen LogP contribution is 2.45. The summed E-state index contributed by atoms with van der Waals surface area (Å²) in [6, 6.07) is 67.2. The maximum Gasteiger partial charge on any atom is 0.155 e. The van der Waals surface area contributed by atoms with Crippen LogP contribution in [0.5, 0.6) is 0 Å². The first-order valence-corrected chi connectivity index (χ1v) is 21.3. The van der Waals surface area contributed by atoms with Gasteiger partial charge in [0.2, 0.25) is 0 Å². The fraction of sp³-hybridized carbons (Fsp3) is 0.0909. The van der Waals surface area contributed by atoms with Gasteiger partial charge < -0.3 is 4.42 Å². The van der Waals surface area contributed by atoms with Crippen molar-refractivity contribution in [2.24, 2.45) is 15.9 Å². The lowest BCUT2D eigenvalue weighted by Gasteiger charge is -2.22. The number of nitrogens with zero attached hydrogens (tertiary/aromatic N) is 2. The van der Waals surface area contributed by atoms with Crippen LogP contribution in [0.2, 0.25) is 0 Å². The Balaban J connectivity index is 0.988. The minimum atomic E-state index is -0.0896. The van der Waals surface area contributed by atoms with E-state index in [-0.39, 0.29) is 12.0 Å². The summed E-state index contributed by atoms with van der Waals surface area (Å²) in [6.07, 6.45) is 1.80.